The lowest BCUT2D eigenvalue weighted by Gasteiger charge is -2.38. The molecule has 1 atom stereocenters. The number of aliphatic imine (C=N–C) groups is 1. The number of halogens is 2. The summed E-state index contributed by atoms with van der Waals surface area (Å²) in [6.45, 7) is 7.32. The number of amides is 3. The Hall–Kier alpha value is -1.67. The number of likely N-dealkylation sites (tertiary alicyclic amines) is 2. The van der Waals surface area contributed by atoms with Crippen molar-refractivity contribution in [2.45, 2.75) is 64.7 Å². The highest BCUT2D eigenvalue weighted by atomic mass is 79.9. The highest BCUT2D eigenvalue weighted by molar-refractivity contribution is 9.10. The molecule has 3 aliphatic rings. The first-order chi connectivity index (χ1) is 17.3. The Labute approximate surface area is 232 Å². The Morgan fingerprint density at radius 1 is 1.06 bits per heavy atom. The van der Waals surface area contributed by atoms with Crippen LogP contribution in [0, 0.1) is 18.8 Å². The average Bonchev–Trinajstić information content (AvgIpc) is 2.99. The van der Waals surface area contributed by atoms with Crippen molar-refractivity contribution < 1.29 is 9.59 Å². The van der Waals surface area contributed by atoms with Gasteiger partial charge in [-0.05, 0) is 87.0 Å². The molecule has 1 unspecified atom stereocenters. The Morgan fingerprint density at radius 2 is 1.72 bits per heavy atom. The van der Waals surface area contributed by atoms with Crippen molar-refractivity contribution in [3.05, 3.63) is 44.6 Å². The first kappa shape index (κ1) is 27.4. The van der Waals surface area contributed by atoms with Gasteiger partial charge in [-0.25, -0.2) is 4.79 Å². The number of hydrogen-bond donors (Lipinski definition) is 1. The predicted molar refractivity (Wildman–Crippen MR) is 153 cm³/mol. The van der Waals surface area contributed by atoms with E-state index in [0.717, 1.165) is 56.9 Å². The molecule has 0 saturated carbocycles. The van der Waals surface area contributed by atoms with Crippen molar-refractivity contribution >= 4 is 50.0 Å². The van der Waals surface area contributed by atoms with Crippen molar-refractivity contribution in [1.29, 1.82) is 0 Å². The number of nitrogens with two attached hydrogens (primary N) is 1. The van der Waals surface area contributed by atoms with Crippen LogP contribution in [0.2, 0.25) is 0 Å². The third-order valence-corrected chi connectivity index (χ3v) is 9.17. The fourth-order valence-electron chi connectivity index (χ4n) is 6.23. The minimum absolute atomic E-state index is 0.239. The number of rotatable bonds is 5. The number of primary amides is 1. The minimum Gasteiger partial charge on any atom is -0.351 e. The molecule has 36 heavy (non-hydrogen) atoms. The molecular weight excluding hydrogens is 584 g/mol. The first-order valence-electron chi connectivity index (χ1n) is 13.2. The largest absolute Gasteiger partial charge is 0.351 e. The van der Waals surface area contributed by atoms with Gasteiger partial charge in [0.1, 0.15) is 0 Å². The number of piperidine rings is 2. The fourth-order valence-corrected chi connectivity index (χ4v) is 7.24. The second kappa shape index (κ2) is 12.2. The lowest BCUT2D eigenvalue weighted by molar-refractivity contribution is -0.134. The molecule has 6 nitrogen and oxygen atoms in total. The zero-order chi connectivity index (χ0) is 25.8. The summed E-state index contributed by atoms with van der Waals surface area (Å²) < 4.78 is 1.18. The first-order valence-corrected chi connectivity index (χ1v) is 15.1. The SMILES string of the molecule is CC1=C(N=CCBr)C(C2CCN(C(=O)CC3CCN(C(N)=O)CC3)CC2)c2c(Br)cc(C)cc2CC1. The van der Waals surface area contributed by atoms with Crippen molar-refractivity contribution in [3.63, 3.8) is 0 Å². The predicted octanol–water partition coefficient (Wildman–Crippen LogP) is 5.95. The van der Waals surface area contributed by atoms with Crippen molar-refractivity contribution in [2.24, 2.45) is 22.6 Å². The topological polar surface area (TPSA) is 79.0 Å². The monoisotopic (exact) mass is 620 g/mol. The van der Waals surface area contributed by atoms with Crippen LogP contribution in [0.3, 0.4) is 0 Å². The Kier molecular flexibility index (Phi) is 9.31. The summed E-state index contributed by atoms with van der Waals surface area (Å²) in [5, 5.41) is 0.740. The maximum absolute atomic E-state index is 13.1. The summed E-state index contributed by atoms with van der Waals surface area (Å²) in [5.74, 6) is 1.28. The molecule has 3 amide bonds. The molecule has 4 rings (SSSR count). The van der Waals surface area contributed by atoms with Crippen molar-refractivity contribution in [3.8, 4) is 0 Å². The number of carbonyl (C=O) groups is 2. The van der Waals surface area contributed by atoms with E-state index in [1.807, 2.05) is 6.21 Å². The Balaban J connectivity index is 1.47. The third-order valence-electron chi connectivity index (χ3n) is 8.22. The molecule has 196 valence electrons. The van der Waals surface area contributed by atoms with Gasteiger partial charge in [-0.1, -0.05) is 43.5 Å². The molecule has 0 bridgehead atoms. The summed E-state index contributed by atoms with van der Waals surface area (Å²) in [4.78, 5) is 33.3. The molecule has 2 fully saturated rings. The summed E-state index contributed by atoms with van der Waals surface area (Å²) in [6, 6.07) is 4.23. The van der Waals surface area contributed by atoms with Crippen LogP contribution in [0.4, 0.5) is 4.79 Å². The van der Waals surface area contributed by atoms with E-state index in [0.29, 0.717) is 31.3 Å². The van der Waals surface area contributed by atoms with Crippen molar-refractivity contribution in [1.82, 2.24) is 9.80 Å². The lowest BCUT2D eigenvalue weighted by atomic mass is 9.76. The third kappa shape index (κ3) is 6.24. The van der Waals surface area contributed by atoms with E-state index in [-0.39, 0.29) is 17.9 Å². The van der Waals surface area contributed by atoms with E-state index in [2.05, 4.69) is 62.7 Å². The molecule has 8 heteroatoms. The van der Waals surface area contributed by atoms with E-state index in [4.69, 9.17) is 10.7 Å². The van der Waals surface area contributed by atoms with Gasteiger partial charge in [0.05, 0.1) is 0 Å². The molecule has 1 aromatic carbocycles. The Bertz CT molecular complexity index is 1040. The smallest absolute Gasteiger partial charge is 0.314 e. The maximum atomic E-state index is 13.1. The Morgan fingerprint density at radius 3 is 2.36 bits per heavy atom. The second-order valence-electron chi connectivity index (χ2n) is 10.6. The van der Waals surface area contributed by atoms with Gasteiger partial charge in [-0.15, -0.1) is 0 Å². The number of benzene rings is 1. The molecule has 0 spiro atoms. The summed E-state index contributed by atoms with van der Waals surface area (Å²) in [6.07, 6.45) is 8.30. The normalized spacial score (nSPS) is 22.2. The quantitative estimate of drug-likeness (QED) is 0.326. The van der Waals surface area contributed by atoms with Crippen LogP contribution in [0.1, 0.15) is 68.1 Å². The number of urea groups is 1. The molecule has 1 aromatic rings. The summed E-state index contributed by atoms with van der Waals surface area (Å²) in [7, 11) is 0. The highest BCUT2D eigenvalue weighted by Crippen LogP contribution is 2.47. The van der Waals surface area contributed by atoms with E-state index < -0.39 is 0 Å². The molecule has 2 saturated heterocycles. The van der Waals surface area contributed by atoms with Crippen LogP contribution in [-0.2, 0) is 11.2 Å². The van der Waals surface area contributed by atoms with Crippen LogP contribution >= 0.6 is 31.9 Å². The van der Waals surface area contributed by atoms with Crippen molar-refractivity contribution in [2.75, 3.05) is 31.5 Å². The zero-order valence-electron chi connectivity index (χ0n) is 21.4. The van der Waals surface area contributed by atoms with Crippen LogP contribution in [0.25, 0.3) is 0 Å². The molecule has 1 aliphatic carbocycles. The number of allylic oxidation sites excluding steroid dienone is 2. The minimum atomic E-state index is -0.354. The van der Waals surface area contributed by atoms with Gasteiger partial charge in [0.2, 0.25) is 5.91 Å². The number of nitrogens with zero attached hydrogens (tertiary/aromatic N) is 3. The number of aryl methyl sites for hydroxylation is 2. The second-order valence-corrected chi connectivity index (χ2v) is 12.1. The van der Waals surface area contributed by atoms with Crippen LogP contribution in [0.15, 0.2) is 32.9 Å². The van der Waals surface area contributed by atoms with E-state index in [9.17, 15) is 9.59 Å². The fraction of sp³-hybridized carbons (Fsp3) is 0.607. The number of hydrogen-bond acceptors (Lipinski definition) is 3. The number of alkyl halides is 1. The van der Waals surface area contributed by atoms with Crippen LogP contribution in [-0.4, -0.2) is 59.5 Å². The molecule has 2 heterocycles. The lowest BCUT2D eigenvalue weighted by Crippen LogP contribution is -2.44. The van der Waals surface area contributed by atoms with Gasteiger partial charge in [0.15, 0.2) is 0 Å². The summed E-state index contributed by atoms with van der Waals surface area (Å²) >= 11 is 7.42. The van der Waals surface area contributed by atoms with Gasteiger partial charge in [-0.2, -0.15) is 0 Å². The molecule has 0 radical (unpaired) electrons. The molecular formula is C28H38Br2N4O2. The average molecular weight is 622 g/mol. The van der Waals surface area contributed by atoms with E-state index >= 15 is 0 Å². The zero-order valence-corrected chi connectivity index (χ0v) is 24.6. The van der Waals surface area contributed by atoms with E-state index in [1.54, 1.807) is 4.90 Å². The number of fused-ring (bicyclic) bond motifs is 1. The van der Waals surface area contributed by atoms with Crippen LogP contribution < -0.4 is 5.73 Å². The molecule has 2 N–H and O–H groups in total. The number of carbonyl (C=O) groups excluding carboxylic acids is 2. The maximum Gasteiger partial charge on any atom is 0.314 e. The molecule has 0 aromatic heterocycles. The standard InChI is InChI=1S/C28H38Br2N4O2/c1-18-15-22-4-3-19(2)27(32-10-9-29)26(25(22)23(30)16-18)21-7-13-33(14-8-21)24(35)17-20-5-11-34(12-6-20)28(31)36/h10,15-16,20-21,26H,3-9,11-14,17H2,1-2H3,(H2,31,36). The highest BCUT2D eigenvalue weighted by Gasteiger charge is 2.36. The molecule has 2 aliphatic heterocycles. The van der Waals surface area contributed by atoms with E-state index in [1.165, 1.54) is 32.4 Å². The van der Waals surface area contributed by atoms with Gasteiger partial charge >= 0.3 is 6.03 Å². The van der Waals surface area contributed by atoms with Gasteiger partial charge in [0, 0.05) is 60.2 Å². The summed E-state index contributed by atoms with van der Waals surface area (Å²) in [5.41, 5.74) is 12.1. The van der Waals surface area contributed by atoms with Gasteiger partial charge in [0.25, 0.3) is 0 Å². The van der Waals surface area contributed by atoms with Gasteiger partial charge < -0.3 is 15.5 Å². The van der Waals surface area contributed by atoms with Gasteiger partial charge in [-0.3, -0.25) is 9.79 Å². The van der Waals surface area contributed by atoms with Crippen LogP contribution in [0.5, 0.6) is 0 Å².